The SMILES string of the molecule is C#CC(C)(C)NCC(OC)OC. The van der Waals surface area contributed by atoms with E-state index in [2.05, 4.69) is 11.2 Å². The maximum Gasteiger partial charge on any atom is 0.169 e. The van der Waals surface area contributed by atoms with Crippen LogP contribution >= 0.6 is 0 Å². The van der Waals surface area contributed by atoms with E-state index in [0.717, 1.165) is 0 Å². The molecule has 0 aromatic rings. The average molecular weight is 171 g/mol. The van der Waals surface area contributed by atoms with Crippen molar-refractivity contribution in [2.24, 2.45) is 0 Å². The molecule has 0 radical (unpaired) electrons. The molecule has 3 heteroatoms. The molecule has 0 aromatic carbocycles. The molecule has 12 heavy (non-hydrogen) atoms. The highest BCUT2D eigenvalue weighted by molar-refractivity contribution is 5.07. The van der Waals surface area contributed by atoms with E-state index in [1.165, 1.54) is 0 Å². The van der Waals surface area contributed by atoms with Gasteiger partial charge in [0.05, 0.1) is 5.54 Å². The largest absolute Gasteiger partial charge is 0.355 e. The minimum atomic E-state index is -0.310. The third-order valence-corrected chi connectivity index (χ3v) is 1.60. The molecule has 0 rings (SSSR count). The molecule has 0 bridgehead atoms. The summed E-state index contributed by atoms with van der Waals surface area (Å²) in [5, 5.41) is 3.12. The molecular formula is C9H17NO2. The fourth-order valence-corrected chi connectivity index (χ4v) is 0.652. The van der Waals surface area contributed by atoms with Crippen molar-refractivity contribution in [3.63, 3.8) is 0 Å². The summed E-state index contributed by atoms with van der Waals surface area (Å²) in [7, 11) is 3.19. The molecule has 0 aliphatic heterocycles. The zero-order chi connectivity index (χ0) is 9.61. The first-order chi connectivity index (χ1) is 5.55. The molecule has 70 valence electrons. The minimum absolute atomic E-state index is 0.238. The fraction of sp³-hybridized carbons (Fsp3) is 0.778. The van der Waals surface area contributed by atoms with Crippen LogP contribution in [0.3, 0.4) is 0 Å². The third kappa shape index (κ3) is 4.35. The van der Waals surface area contributed by atoms with Gasteiger partial charge in [-0.3, -0.25) is 5.32 Å². The number of methoxy groups -OCH3 is 2. The van der Waals surface area contributed by atoms with Crippen LogP contribution in [-0.2, 0) is 9.47 Å². The highest BCUT2D eigenvalue weighted by atomic mass is 16.7. The van der Waals surface area contributed by atoms with Crippen molar-refractivity contribution < 1.29 is 9.47 Å². The Labute approximate surface area is 74.4 Å². The number of nitrogens with one attached hydrogen (secondary N) is 1. The Bertz CT molecular complexity index is 156. The predicted molar refractivity (Wildman–Crippen MR) is 48.7 cm³/mol. The first-order valence-corrected chi connectivity index (χ1v) is 3.84. The molecular weight excluding hydrogens is 154 g/mol. The Morgan fingerprint density at radius 2 is 1.92 bits per heavy atom. The highest BCUT2D eigenvalue weighted by Crippen LogP contribution is 1.99. The molecule has 1 N–H and O–H groups in total. The van der Waals surface area contributed by atoms with E-state index >= 15 is 0 Å². The van der Waals surface area contributed by atoms with E-state index in [9.17, 15) is 0 Å². The van der Waals surface area contributed by atoms with Gasteiger partial charge in [0.1, 0.15) is 0 Å². The van der Waals surface area contributed by atoms with Crippen molar-refractivity contribution in [3.05, 3.63) is 0 Å². The normalized spacial score (nSPS) is 11.7. The Morgan fingerprint density at radius 1 is 1.42 bits per heavy atom. The maximum absolute atomic E-state index is 5.28. The zero-order valence-corrected chi connectivity index (χ0v) is 8.18. The van der Waals surface area contributed by atoms with E-state index < -0.39 is 0 Å². The molecule has 0 fully saturated rings. The Hall–Kier alpha value is -0.560. The summed E-state index contributed by atoms with van der Waals surface area (Å²) >= 11 is 0. The topological polar surface area (TPSA) is 30.5 Å². The molecule has 0 unspecified atom stereocenters. The summed E-state index contributed by atoms with van der Waals surface area (Å²) in [6.45, 7) is 4.44. The number of hydrogen-bond acceptors (Lipinski definition) is 3. The molecule has 0 atom stereocenters. The second-order valence-corrected chi connectivity index (χ2v) is 3.05. The monoisotopic (exact) mass is 171 g/mol. The summed E-state index contributed by atoms with van der Waals surface area (Å²) in [5.74, 6) is 2.62. The van der Waals surface area contributed by atoms with Gasteiger partial charge < -0.3 is 9.47 Å². The van der Waals surface area contributed by atoms with Crippen LogP contribution in [0.1, 0.15) is 13.8 Å². The number of rotatable bonds is 5. The van der Waals surface area contributed by atoms with Crippen molar-refractivity contribution >= 4 is 0 Å². The van der Waals surface area contributed by atoms with Crippen LogP contribution in [0.25, 0.3) is 0 Å². The summed E-state index contributed by atoms with van der Waals surface area (Å²) in [5.41, 5.74) is -0.310. The van der Waals surface area contributed by atoms with Gasteiger partial charge in [0, 0.05) is 20.8 Å². The first kappa shape index (κ1) is 11.4. The standard InChI is InChI=1S/C9H17NO2/c1-6-9(2,3)10-7-8(11-4)12-5/h1,8,10H,7H2,2-5H3. The zero-order valence-electron chi connectivity index (χ0n) is 8.18. The molecule has 0 aliphatic carbocycles. The number of terminal acetylenes is 1. The van der Waals surface area contributed by atoms with Crippen LogP contribution in [0.4, 0.5) is 0 Å². The van der Waals surface area contributed by atoms with Crippen molar-refractivity contribution in [2.45, 2.75) is 25.7 Å². The van der Waals surface area contributed by atoms with Crippen molar-refractivity contribution in [3.8, 4) is 12.3 Å². The third-order valence-electron chi connectivity index (χ3n) is 1.60. The minimum Gasteiger partial charge on any atom is -0.355 e. The van der Waals surface area contributed by atoms with E-state index in [1.807, 2.05) is 13.8 Å². The van der Waals surface area contributed by atoms with E-state index in [1.54, 1.807) is 14.2 Å². The number of hydrogen-bond donors (Lipinski definition) is 1. The Kier molecular flexibility index (Phi) is 4.91. The van der Waals surface area contributed by atoms with Crippen LogP contribution in [-0.4, -0.2) is 32.6 Å². The average Bonchev–Trinajstić information content (AvgIpc) is 2.06. The van der Waals surface area contributed by atoms with Crippen molar-refractivity contribution in [1.82, 2.24) is 5.32 Å². The van der Waals surface area contributed by atoms with Crippen molar-refractivity contribution in [2.75, 3.05) is 20.8 Å². The van der Waals surface area contributed by atoms with Gasteiger partial charge in [-0.05, 0) is 13.8 Å². The molecule has 0 amide bonds. The van der Waals surface area contributed by atoms with Crippen molar-refractivity contribution in [1.29, 1.82) is 0 Å². The lowest BCUT2D eigenvalue weighted by Gasteiger charge is -2.22. The smallest absolute Gasteiger partial charge is 0.169 e. The lowest BCUT2D eigenvalue weighted by molar-refractivity contribution is -0.100. The van der Waals surface area contributed by atoms with E-state index in [0.29, 0.717) is 6.54 Å². The van der Waals surface area contributed by atoms with Gasteiger partial charge in [0.15, 0.2) is 6.29 Å². The molecule has 0 spiro atoms. The lowest BCUT2D eigenvalue weighted by atomic mass is 10.1. The quantitative estimate of drug-likeness (QED) is 0.485. The summed E-state index contributed by atoms with van der Waals surface area (Å²) in [6.07, 6.45) is 5.04. The molecule has 0 heterocycles. The Morgan fingerprint density at radius 3 is 2.25 bits per heavy atom. The van der Waals surface area contributed by atoms with E-state index in [-0.39, 0.29) is 11.8 Å². The van der Waals surface area contributed by atoms with Crippen LogP contribution in [0.5, 0.6) is 0 Å². The van der Waals surface area contributed by atoms with Gasteiger partial charge in [-0.25, -0.2) is 0 Å². The van der Waals surface area contributed by atoms with Gasteiger partial charge in [0.25, 0.3) is 0 Å². The molecule has 0 saturated carbocycles. The van der Waals surface area contributed by atoms with Gasteiger partial charge in [-0.1, -0.05) is 5.92 Å². The van der Waals surface area contributed by atoms with Crippen LogP contribution < -0.4 is 5.32 Å². The van der Waals surface area contributed by atoms with E-state index in [4.69, 9.17) is 15.9 Å². The lowest BCUT2D eigenvalue weighted by Crippen LogP contribution is -2.43. The van der Waals surface area contributed by atoms with Gasteiger partial charge in [0.2, 0.25) is 0 Å². The summed E-state index contributed by atoms with van der Waals surface area (Å²) in [4.78, 5) is 0. The Balaban J connectivity index is 3.75. The highest BCUT2D eigenvalue weighted by Gasteiger charge is 2.15. The predicted octanol–water partition coefficient (Wildman–Crippen LogP) is 0.607. The maximum atomic E-state index is 5.28. The van der Waals surface area contributed by atoms with Crippen LogP contribution in [0, 0.1) is 12.3 Å². The van der Waals surface area contributed by atoms with Crippen LogP contribution in [0.15, 0.2) is 0 Å². The molecule has 3 nitrogen and oxygen atoms in total. The van der Waals surface area contributed by atoms with Gasteiger partial charge >= 0.3 is 0 Å². The first-order valence-electron chi connectivity index (χ1n) is 3.84. The molecule has 0 saturated heterocycles. The molecule has 0 aromatic heterocycles. The molecule has 0 aliphatic rings. The van der Waals surface area contributed by atoms with Gasteiger partial charge in [-0.2, -0.15) is 0 Å². The fourth-order valence-electron chi connectivity index (χ4n) is 0.652. The summed E-state index contributed by atoms with van der Waals surface area (Å²) < 4.78 is 9.97. The number of ether oxygens (including phenoxy) is 2. The second kappa shape index (κ2) is 5.15. The van der Waals surface area contributed by atoms with Crippen LogP contribution in [0.2, 0.25) is 0 Å². The van der Waals surface area contributed by atoms with Gasteiger partial charge in [-0.15, -0.1) is 6.42 Å². The summed E-state index contributed by atoms with van der Waals surface area (Å²) in [6, 6.07) is 0. The second-order valence-electron chi connectivity index (χ2n) is 3.05.